The first-order valence-corrected chi connectivity index (χ1v) is 5.65. The molecule has 2 aromatic rings. The normalized spacial score (nSPS) is 11.1. The van der Waals surface area contributed by atoms with Gasteiger partial charge in [0.05, 0.1) is 11.0 Å². The maximum Gasteiger partial charge on any atom is 1.00 e. The van der Waals surface area contributed by atoms with Gasteiger partial charge in [0.2, 0.25) is 0 Å². The molecule has 0 saturated heterocycles. The molecule has 0 fully saturated rings. The average Bonchev–Trinajstić information content (AvgIpc) is 2.15. The second-order valence-corrected chi connectivity index (χ2v) is 4.42. The standard InChI is InChI=1S/C8H5ClN2O3S.K/c9-7-8(15(12,13)14)11-6-4-2-1-3-5(6)10-7;/h1-4H,(H,12,13,14);/q;+1/p-1. The van der Waals surface area contributed by atoms with Gasteiger partial charge in [-0.15, -0.1) is 0 Å². The van der Waals surface area contributed by atoms with Crippen molar-refractivity contribution in [3.05, 3.63) is 29.4 Å². The van der Waals surface area contributed by atoms with Gasteiger partial charge in [-0.05, 0) is 12.1 Å². The molecule has 0 saturated carbocycles. The molecule has 0 atom stereocenters. The SMILES string of the molecule is O=S(=O)([O-])c1nc2ccccc2nc1Cl.[K+]. The van der Waals surface area contributed by atoms with Crippen LogP contribution in [0.4, 0.5) is 0 Å². The van der Waals surface area contributed by atoms with E-state index in [2.05, 4.69) is 9.97 Å². The van der Waals surface area contributed by atoms with Gasteiger partial charge < -0.3 is 4.55 Å². The summed E-state index contributed by atoms with van der Waals surface area (Å²) in [5.74, 6) is 0. The maximum absolute atomic E-state index is 10.8. The van der Waals surface area contributed by atoms with E-state index in [9.17, 15) is 13.0 Å². The molecule has 1 aromatic carbocycles. The topological polar surface area (TPSA) is 83.0 Å². The molecule has 78 valence electrons. The van der Waals surface area contributed by atoms with E-state index in [4.69, 9.17) is 11.6 Å². The summed E-state index contributed by atoms with van der Waals surface area (Å²) in [5, 5.41) is -1.13. The molecule has 0 amide bonds. The van der Waals surface area contributed by atoms with E-state index < -0.39 is 20.3 Å². The monoisotopic (exact) mass is 282 g/mol. The molecule has 2 rings (SSSR count). The molecule has 1 heterocycles. The fourth-order valence-electron chi connectivity index (χ4n) is 1.12. The van der Waals surface area contributed by atoms with E-state index in [1.165, 1.54) is 0 Å². The Labute approximate surface area is 139 Å². The first-order valence-electron chi connectivity index (χ1n) is 3.86. The third kappa shape index (κ3) is 2.99. The second-order valence-electron chi connectivity index (χ2n) is 2.76. The molecular weight excluding hydrogens is 279 g/mol. The number of nitrogens with zero attached hydrogens (tertiary/aromatic N) is 2. The minimum Gasteiger partial charge on any atom is -0.743 e. The van der Waals surface area contributed by atoms with Crippen LogP contribution in [0.2, 0.25) is 5.15 Å². The molecule has 0 radical (unpaired) electrons. The van der Waals surface area contributed by atoms with Crippen LogP contribution in [-0.2, 0) is 10.1 Å². The molecule has 0 spiro atoms. The third-order valence-corrected chi connectivity index (χ3v) is 2.87. The molecule has 0 N–H and O–H groups in total. The van der Waals surface area contributed by atoms with Gasteiger partial charge >= 0.3 is 51.4 Å². The van der Waals surface area contributed by atoms with Gasteiger partial charge in [-0.3, -0.25) is 0 Å². The molecule has 0 aliphatic rings. The Morgan fingerprint density at radius 2 is 1.62 bits per heavy atom. The zero-order chi connectivity index (χ0) is 11.1. The van der Waals surface area contributed by atoms with Gasteiger partial charge in [0.1, 0.15) is 10.1 Å². The largest absolute Gasteiger partial charge is 1.00 e. The summed E-state index contributed by atoms with van der Waals surface area (Å²) >= 11 is 5.54. The molecule has 5 nitrogen and oxygen atoms in total. The zero-order valence-corrected chi connectivity index (χ0v) is 12.9. The summed E-state index contributed by atoms with van der Waals surface area (Å²) < 4.78 is 32.3. The molecule has 0 unspecified atom stereocenters. The number of halogens is 1. The van der Waals surface area contributed by atoms with Crippen LogP contribution in [0.25, 0.3) is 11.0 Å². The predicted molar refractivity (Wildman–Crippen MR) is 52.5 cm³/mol. The first kappa shape index (κ1) is 14.5. The number of para-hydroxylation sites is 2. The maximum atomic E-state index is 10.8. The van der Waals surface area contributed by atoms with Crippen LogP contribution < -0.4 is 51.4 Å². The first-order chi connectivity index (χ1) is 6.98. The summed E-state index contributed by atoms with van der Waals surface area (Å²) in [7, 11) is -4.68. The number of fused-ring (bicyclic) bond motifs is 1. The van der Waals surface area contributed by atoms with Crippen LogP contribution in [0.15, 0.2) is 29.3 Å². The van der Waals surface area contributed by atoms with Crippen molar-refractivity contribution in [3.8, 4) is 0 Å². The summed E-state index contributed by atoms with van der Waals surface area (Å²) in [5.41, 5.74) is 0.756. The minimum atomic E-state index is -4.68. The summed E-state index contributed by atoms with van der Waals surface area (Å²) in [6.45, 7) is 0. The van der Waals surface area contributed by atoms with Crippen LogP contribution in [0.5, 0.6) is 0 Å². The van der Waals surface area contributed by atoms with Crippen molar-refractivity contribution in [2.24, 2.45) is 0 Å². The van der Waals surface area contributed by atoms with Crippen molar-refractivity contribution in [3.63, 3.8) is 0 Å². The summed E-state index contributed by atoms with van der Waals surface area (Å²) in [4.78, 5) is 7.42. The average molecular weight is 283 g/mol. The van der Waals surface area contributed by atoms with Crippen molar-refractivity contribution in [1.29, 1.82) is 0 Å². The summed E-state index contributed by atoms with van der Waals surface area (Å²) in [6.07, 6.45) is 0. The van der Waals surface area contributed by atoms with Gasteiger partial charge in [0, 0.05) is 0 Å². The van der Waals surface area contributed by atoms with Crippen molar-refractivity contribution in [2.75, 3.05) is 0 Å². The molecule has 16 heavy (non-hydrogen) atoms. The summed E-state index contributed by atoms with van der Waals surface area (Å²) in [6, 6.07) is 6.54. The Morgan fingerprint density at radius 3 is 2.12 bits per heavy atom. The van der Waals surface area contributed by atoms with Gasteiger partial charge in [-0.2, -0.15) is 0 Å². The number of hydrogen-bond donors (Lipinski definition) is 0. The van der Waals surface area contributed by atoms with Gasteiger partial charge in [0.15, 0.2) is 10.2 Å². The van der Waals surface area contributed by atoms with E-state index >= 15 is 0 Å². The predicted octanol–water partition coefficient (Wildman–Crippen LogP) is -1.81. The number of rotatable bonds is 1. The van der Waals surface area contributed by atoms with Crippen LogP contribution >= 0.6 is 11.6 Å². The number of aromatic nitrogens is 2. The van der Waals surface area contributed by atoms with Crippen molar-refractivity contribution in [1.82, 2.24) is 9.97 Å². The number of benzene rings is 1. The van der Waals surface area contributed by atoms with E-state index in [1.54, 1.807) is 24.3 Å². The van der Waals surface area contributed by atoms with Crippen molar-refractivity contribution < 1.29 is 64.4 Å². The van der Waals surface area contributed by atoms with Crippen LogP contribution in [0.1, 0.15) is 0 Å². The molecule has 1 aromatic heterocycles. The Bertz CT molecular complexity index is 632. The van der Waals surface area contributed by atoms with E-state index in [-0.39, 0.29) is 51.4 Å². The molecule has 0 aliphatic carbocycles. The van der Waals surface area contributed by atoms with Crippen molar-refractivity contribution in [2.45, 2.75) is 5.03 Å². The molecule has 0 bridgehead atoms. The molecule has 8 heteroatoms. The smallest absolute Gasteiger partial charge is 0.743 e. The third-order valence-electron chi connectivity index (χ3n) is 1.74. The van der Waals surface area contributed by atoms with E-state index in [0.29, 0.717) is 11.0 Å². The van der Waals surface area contributed by atoms with Gasteiger partial charge in [-0.1, -0.05) is 23.7 Å². The van der Waals surface area contributed by atoms with E-state index in [1.807, 2.05) is 0 Å². The van der Waals surface area contributed by atoms with Gasteiger partial charge in [0.25, 0.3) is 0 Å². The van der Waals surface area contributed by atoms with Crippen molar-refractivity contribution >= 4 is 32.8 Å². The Kier molecular flexibility index (Phi) is 4.84. The Balaban J connectivity index is 0.00000128. The number of hydrogen-bond acceptors (Lipinski definition) is 5. The second kappa shape index (κ2) is 5.36. The Hall–Kier alpha value is 0.396. The zero-order valence-electron chi connectivity index (χ0n) is 8.21. The Morgan fingerprint density at radius 1 is 1.12 bits per heavy atom. The fraction of sp³-hybridized carbons (Fsp3) is 0. The molecular formula is C8H4ClKN2O3S. The molecule has 0 aliphatic heterocycles. The quantitative estimate of drug-likeness (QED) is 0.455. The van der Waals surface area contributed by atoms with Crippen LogP contribution in [0, 0.1) is 0 Å². The van der Waals surface area contributed by atoms with Crippen LogP contribution in [-0.4, -0.2) is 22.9 Å². The van der Waals surface area contributed by atoms with E-state index in [0.717, 1.165) is 0 Å². The van der Waals surface area contributed by atoms with Gasteiger partial charge in [-0.25, -0.2) is 18.4 Å². The fourth-order valence-corrected chi connectivity index (χ4v) is 2.00. The minimum absolute atomic E-state index is 0. The van der Waals surface area contributed by atoms with Crippen LogP contribution in [0.3, 0.4) is 0 Å².